The Labute approximate surface area is 113 Å². The molecule has 2 rings (SSSR count). The molecule has 1 aliphatic rings. The van der Waals surface area contributed by atoms with Gasteiger partial charge in [0, 0.05) is 0 Å². The van der Waals surface area contributed by atoms with Gasteiger partial charge in [-0.1, -0.05) is 32.0 Å². The first-order valence-electron chi connectivity index (χ1n) is 6.17. The fraction of sp³-hybridized carbons (Fsp3) is 0.462. The maximum atomic E-state index is 12.7. The van der Waals surface area contributed by atoms with Crippen molar-refractivity contribution in [3.63, 3.8) is 0 Å². The Balaban J connectivity index is 2.42. The second-order valence-corrected chi connectivity index (χ2v) is 6.84. The van der Waals surface area contributed by atoms with Gasteiger partial charge < -0.3 is 4.74 Å². The highest BCUT2D eigenvalue weighted by Gasteiger charge is 2.40. The molecule has 1 atom stereocenters. The lowest BCUT2D eigenvalue weighted by Crippen LogP contribution is -2.45. The molecule has 104 valence electrons. The van der Waals surface area contributed by atoms with Gasteiger partial charge in [0.1, 0.15) is 12.0 Å². The summed E-state index contributed by atoms with van der Waals surface area (Å²) in [4.78, 5) is 13.2. The van der Waals surface area contributed by atoms with E-state index < -0.39 is 21.3 Å². The standard InChI is InChI=1S/C13H17NO4S/c1-10(2)12(14-8-9-18-13(14)15)19(16,17)11-6-4-3-5-7-11/h3-7,10,12H,8-9H2,1-2H3/t12-/m1/s1. The molecule has 0 unspecified atom stereocenters. The van der Waals surface area contributed by atoms with Crippen LogP contribution in [0.3, 0.4) is 0 Å². The summed E-state index contributed by atoms with van der Waals surface area (Å²) in [5.41, 5.74) is 0. The molecule has 0 aromatic heterocycles. The topological polar surface area (TPSA) is 63.7 Å². The van der Waals surface area contributed by atoms with Gasteiger partial charge in [-0.05, 0) is 18.1 Å². The highest BCUT2D eigenvalue weighted by Crippen LogP contribution is 2.26. The first-order chi connectivity index (χ1) is 8.94. The third-order valence-electron chi connectivity index (χ3n) is 3.06. The predicted octanol–water partition coefficient (Wildman–Crippen LogP) is 1.89. The molecule has 5 nitrogen and oxygen atoms in total. The summed E-state index contributed by atoms with van der Waals surface area (Å²) in [5, 5.41) is -0.884. The van der Waals surface area contributed by atoms with Gasteiger partial charge in [0.2, 0.25) is 0 Å². The van der Waals surface area contributed by atoms with Crippen molar-refractivity contribution in [1.82, 2.24) is 4.90 Å². The van der Waals surface area contributed by atoms with E-state index >= 15 is 0 Å². The molecule has 0 N–H and O–H groups in total. The Morgan fingerprint density at radius 2 is 1.84 bits per heavy atom. The quantitative estimate of drug-likeness (QED) is 0.846. The number of benzene rings is 1. The van der Waals surface area contributed by atoms with E-state index in [9.17, 15) is 13.2 Å². The van der Waals surface area contributed by atoms with E-state index in [-0.39, 0.29) is 17.4 Å². The third-order valence-corrected chi connectivity index (χ3v) is 5.42. The minimum atomic E-state index is -3.59. The van der Waals surface area contributed by atoms with E-state index in [0.29, 0.717) is 6.54 Å². The van der Waals surface area contributed by atoms with Crippen molar-refractivity contribution in [2.75, 3.05) is 13.2 Å². The van der Waals surface area contributed by atoms with Crippen molar-refractivity contribution in [1.29, 1.82) is 0 Å². The van der Waals surface area contributed by atoms with Crippen molar-refractivity contribution in [3.05, 3.63) is 30.3 Å². The first-order valence-corrected chi connectivity index (χ1v) is 7.71. The lowest BCUT2D eigenvalue weighted by molar-refractivity contribution is 0.150. The molecular formula is C13H17NO4S. The summed E-state index contributed by atoms with van der Waals surface area (Å²) in [6, 6.07) is 8.20. The minimum absolute atomic E-state index is 0.212. The highest BCUT2D eigenvalue weighted by molar-refractivity contribution is 7.92. The summed E-state index contributed by atoms with van der Waals surface area (Å²) in [7, 11) is -3.59. The Morgan fingerprint density at radius 1 is 1.21 bits per heavy atom. The molecule has 1 heterocycles. The monoisotopic (exact) mass is 283 g/mol. The smallest absolute Gasteiger partial charge is 0.411 e. The van der Waals surface area contributed by atoms with E-state index in [1.807, 2.05) is 0 Å². The van der Waals surface area contributed by atoms with Crippen molar-refractivity contribution >= 4 is 15.9 Å². The molecule has 1 fully saturated rings. The van der Waals surface area contributed by atoms with Gasteiger partial charge in [0.15, 0.2) is 9.84 Å². The Bertz CT molecular complexity index is 553. The summed E-state index contributed by atoms with van der Waals surface area (Å²) in [6.07, 6.45) is -0.557. The number of ether oxygens (including phenoxy) is 1. The molecule has 0 bridgehead atoms. The van der Waals surface area contributed by atoms with Crippen LogP contribution in [0, 0.1) is 5.92 Å². The molecule has 1 aromatic carbocycles. The Hall–Kier alpha value is -1.56. The number of carbonyl (C=O) groups excluding carboxylic acids is 1. The van der Waals surface area contributed by atoms with E-state index in [4.69, 9.17) is 4.74 Å². The van der Waals surface area contributed by atoms with Crippen LogP contribution in [-0.2, 0) is 14.6 Å². The summed E-state index contributed by atoms with van der Waals surface area (Å²) < 4.78 is 30.2. The van der Waals surface area contributed by atoms with Crippen LogP contribution in [0.4, 0.5) is 4.79 Å². The Kier molecular flexibility index (Phi) is 3.80. The van der Waals surface area contributed by atoms with E-state index in [0.717, 1.165) is 0 Å². The van der Waals surface area contributed by atoms with Crippen molar-refractivity contribution < 1.29 is 17.9 Å². The van der Waals surface area contributed by atoms with Gasteiger partial charge >= 0.3 is 6.09 Å². The van der Waals surface area contributed by atoms with Crippen LogP contribution in [0.15, 0.2) is 35.2 Å². The van der Waals surface area contributed by atoms with Gasteiger partial charge in [0.05, 0.1) is 11.4 Å². The number of hydrogen-bond donors (Lipinski definition) is 0. The normalized spacial score (nSPS) is 17.6. The summed E-state index contributed by atoms with van der Waals surface area (Å²) >= 11 is 0. The lowest BCUT2D eigenvalue weighted by Gasteiger charge is -2.28. The molecular weight excluding hydrogens is 266 g/mol. The van der Waals surface area contributed by atoms with Crippen LogP contribution in [0.5, 0.6) is 0 Å². The molecule has 0 aliphatic carbocycles. The van der Waals surface area contributed by atoms with Crippen LogP contribution in [0.1, 0.15) is 13.8 Å². The molecule has 1 amide bonds. The molecule has 1 aromatic rings. The molecule has 1 aliphatic heterocycles. The number of carbonyl (C=O) groups is 1. The van der Waals surface area contributed by atoms with Crippen LogP contribution in [-0.4, -0.2) is 37.9 Å². The van der Waals surface area contributed by atoms with E-state index in [1.54, 1.807) is 44.2 Å². The van der Waals surface area contributed by atoms with Crippen LogP contribution in [0.2, 0.25) is 0 Å². The van der Waals surface area contributed by atoms with Crippen molar-refractivity contribution in [3.8, 4) is 0 Å². The average molecular weight is 283 g/mol. The van der Waals surface area contributed by atoms with Crippen LogP contribution in [0.25, 0.3) is 0 Å². The maximum absolute atomic E-state index is 12.7. The van der Waals surface area contributed by atoms with Crippen molar-refractivity contribution in [2.24, 2.45) is 5.92 Å². The number of nitrogens with zero attached hydrogens (tertiary/aromatic N) is 1. The van der Waals surface area contributed by atoms with Crippen LogP contribution < -0.4 is 0 Å². The summed E-state index contributed by atoms with van der Waals surface area (Å²) in [5.74, 6) is -0.212. The van der Waals surface area contributed by atoms with Crippen LogP contribution >= 0.6 is 0 Å². The highest BCUT2D eigenvalue weighted by atomic mass is 32.2. The lowest BCUT2D eigenvalue weighted by atomic mass is 10.2. The fourth-order valence-electron chi connectivity index (χ4n) is 2.27. The zero-order valence-corrected chi connectivity index (χ0v) is 11.8. The molecule has 0 spiro atoms. The zero-order chi connectivity index (χ0) is 14.0. The Morgan fingerprint density at radius 3 is 2.32 bits per heavy atom. The van der Waals surface area contributed by atoms with E-state index in [2.05, 4.69) is 0 Å². The number of cyclic esters (lactones) is 1. The summed E-state index contributed by atoms with van der Waals surface area (Å²) in [6.45, 7) is 4.13. The second kappa shape index (κ2) is 5.21. The second-order valence-electron chi connectivity index (χ2n) is 4.80. The van der Waals surface area contributed by atoms with Gasteiger partial charge in [0.25, 0.3) is 0 Å². The number of amides is 1. The number of hydrogen-bond acceptors (Lipinski definition) is 4. The van der Waals surface area contributed by atoms with Gasteiger partial charge in [-0.3, -0.25) is 4.90 Å². The molecule has 0 saturated carbocycles. The molecule has 1 saturated heterocycles. The maximum Gasteiger partial charge on any atom is 0.411 e. The van der Waals surface area contributed by atoms with Gasteiger partial charge in [-0.2, -0.15) is 0 Å². The average Bonchev–Trinajstić information content (AvgIpc) is 2.76. The zero-order valence-electron chi connectivity index (χ0n) is 10.9. The molecule has 0 radical (unpaired) electrons. The van der Waals surface area contributed by atoms with E-state index in [1.165, 1.54) is 4.90 Å². The molecule has 6 heteroatoms. The molecule has 19 heavy (non-hydrogen) atoms. The predicted molar refractivity (Wildman–Crippen MR) is 70.3 cm³/mol. The first kappa shape index (κ1) is 13.9. The van der Waals surface area contributed by atoms with Gasteiger partial charge in [-0.15, -0.1) is 0 Å². The van der Waals surface area contributed by atoms with Gasteiger partial charge in [-0.25, -0.2) is 13.2 Å². The largest absolute Gasteiger partial charge is 0.447 e. The number of sulfone groups is 1. The fourth-order valence-corrected chi connectivity index (χ4v) is 4.33. The minimum Gasteiger partial charge on any atom is -0.447 e. The third kappa shape index (κ3) is 2.58. The SMILES string of the molecule is CC(C)[C@H](N1CCOC1=O)S(=O)(=O)c1ccccc1. The number of rotatable bonds is 4. The van der Waals surface area contributed by atoms with Crippen molar-refractivity contribution in [2.45, 2.75) is 24.1 Å².